The van der Waals surface area contributed by atoms with Crippen LogP contribution in [0.5, 0.6) is 5.75 Å². The summed E-state index contributed by atoms with van der Waals surface area (Å²) in [5.41, 5.74) is 2.40. The van der Waals surface area contributed by atoms with Crippen molar-refractivity contribution < 1.29 is 34.7 Å². The largest absolute Gasteiger partial charge is 0.462 e. The highest BCUT2D eigenvalue weighted by Gasteiger charge is 2.44. The second-order valence-electron chi connectivity index (χ2n) is 8.52. The fourth-order valence-corrected chi connectivity index (χ4v) is 4.05. The Kier molecular flexibility index (Phi) is 7.28. The van der Waals surface area contributed by atoms with E-state index in [1.165, 1.54) is 0 Å². The van der Waals surface area contributed by atoms with Crippen molar-refractivity contribution in [2.75, 3.05) is 39.8 Å². The lowest BCUT2D eigenvalue weighted by Gasteiger charge is -2.39. The van der Waals surface area contributed by atoms with Gasteiger partial charge in [0.05, 0.1) is 6.61 Å². The highest BCUT2D eigenvalue weighted by atomic mass is 16.7. The van der Waals surface area contributed by atoms with E-state index in [0.29, 0.717) is 24.4 Å². The molecule has 4 N–H and O–H groups in total. The van der Waals surface area contributed by atoms with Gasteiger partial charge in [-0.25, -0.2) is 0 Å². The lowest BCUT2D eigenvalue weighted by Crippen LogP contribution is -2.60. The molecule has 0 saturated carbocycles. The van der Waals surface area contributed by atoms with Crippen molar-refractivity contribution in [2.24, 2.45) is 0 Å². The molecule has 33 heavy (non-hydrogen) atoms. The maximum Gasteiger partial charge on any atom is 0.253 e. The number of likely N-dealkylation sites (N-methyl/N-ethyl adjacent to an activating group) is 1. The number of ether oxygens (including phenoxy) is 2. The molecule has 0 aliphatic carbocycles. The zero-order chi connectivity index (χ0) is 23.5. The Labute approximate surface area is 192 Å². The SMILES string of the molecule is CN1CCN(C(=O)c2cccc(-c3ccc(O[C@@H]4O[C@@H](CO)[C@@H](O)[C@H](O)[C@@H]4O)cc3)c2)CC1. The van der Waals surface area contributed by atoms with Crippen LogP contribution in [0.4, 0.5) is 0 Å². The molecule has 0 spiro atoms. The van der Waals surface area contributed by atoms with E-state index in [9.17, 15) is 25.2 Å². The van der Waals surface area contributed by atoms with Crippen LogP contribution in [-0.2, 0) is 4.74 Å². The molecule has 4 rings (SSSR count). The van der Waals surface area contributed by atoms with Crippen molar-refractivity contribution in [1.82, 2.24) is 9.80 Å². The average molecular weight is 459 g/mol. The normalized spacial score (nSPS) is 28.5. The van der Waals surface area contributed by atoms with Gasteiger partial charge in [-0.3, -0.25) is 4.79 Å². The molecule has 2 saturated heterocycles. The Balaban J connectivity index is 1.44. The van der Waals surface area contributed by atoms with Crippen molar-refractivity contribution in [3.8, 4) is 16.9 Å². The van der Waals surface area contributed by atoms with Crippen LogP contribution in [0, 0.1) is 0 Å². The number of aliphatic hydroxyl groups excluding tert-OH is 4. The summed E-state index contributed by atoms with van der Waals surface area (Å²) in [6, 6.07) is 14.5. The van der Waals surface area contributed by atoms with Gasteiger partial charge in [-0.05, 0) is 42.4 Å². The van der Waals surface area contributed by atoms with Crippen LogP contribution in [0.2, 0.25) is 0 Å². The van der Waals surface area contributed by atoms with Crippen molar-refractivity contribution >= 4 is 5.91 Å². The molecule has 1 amide bonds. The molecule has 2 aliphatic rings. The van der Waals surface area contributed by atoms with E-state index in [0.717, 1.165) is 24.2 Å². The third-order valence-corrected chi connectivity index (χ3v) is 6.19. The lowest BCUT2D eigenvalue weighted by atomic mass is 9.99. The van der Waals surface area contributed by atoms with Gasteiger partial charge in [0.15, 0.2) is 0 Å². The number of aliphatic hydroxyl groups is 4. The number of piperazine rings is 1. The van der Waals surface area contributed by atoms with Crippen LogP contribution in [0.1, 0.15) is 10.4 Å². The molecule has 2 heterocycles. The number of benzene rings is 2. The van der Waals surface area contributed by atoms with Gasteiger partial charge in [0.2, 0.25) is 6.29 Å². The summed E-state index contributed by atoms with van der Waals surface area (Å²) in [6.45, 7) is 2.63. The fourth-order valence-electron chi connectivity index (χ4n) is 4.05. The van der Waals surface area contributed by atoms with Crippen LogP contribution < -0.4 is 4.74 Å². The molecule has 2 aliphatic heterocycles. The first-order chi connectivity index (χ1) is 15.9. The maximum absolute atomic E-state index is 12.9. The van der Waals surface area contributed by atoms with Gasteiger partial charge in [0.25, 0.3) is 5.91 Å². The molecular formula is C24H30N2O7. The summed E-state index contributed by atoms with van der Waals surface area (Å²) >= 11 is 0. The first kappa shape index (κ1) is 23.6. The molecule has 5 atom stereocenters. The number of carbonyl (C=O) groups excluding carboxylic acids is 1. The molecule has 2 aromatic rings. The van der Waals surface area contributed by atoms with Crippen LogP contribution in [0.3, 0.4) is 0 Å². The van der Waals surface area contributed by atoms with Gasteiger partial charge in [-0.1, -0.05) is 24.3 Å². The number of hydrogen-bond donors (Lipinski definition) is 4. The fraction of sp³-hybridized carbons (Fsp3) is 0.458. The van der Waals surface area contributed by atoms with Crippen molar-refractivity contribution in [3.63, 3.8) is 0 Å². The van der Waals surface area contributed by atoms with E-state index in [1.807, 2.05) is 48.3 Å². The monoisotopic (exact) mass is 458 g/mol. The summed E-state index contributed by atoms with van der Waals surface area (Å²) in [6.07, 6.45) is -6.68. The minimum absolute atomic E-state index is 0.0209. The molecule has 0 bridgehead atoms. The van der Waals surface area contributed by atoms with E-state index >= 15 is 0 Å². The first-order valence-corrected chi connectivity index (χ1v) is 11.0. The van der Waals surface area contributed by atoms with E-state index < -0.39 is 37.3 Å². The van der Waals surface area contributed by atoms with Crippen molar-refractivity contribution in [3.05, 3.63) is 54.1 Å². The van der Waals surface area contributed by atoms with Crippen molar-refractivity contribution in [2.45, 2.75) is 30.7 Å². The standard InChI is InChI=1S/C24H30N2O7/c1-25-9-11-26(12-10-25)23(31)17-4-2-3-16(13-17)15-5-7-18(8-6-15)32-24-22(30)21(29)20(28)19(14-27)33-24/h2-8,13,19-22,24,27-30H,9-12,14H2,1H3/t19-,20+,21-,22-,24+/m0/s1. The molecular weight excluding hydrogens is 428 g/mol. The summed E-state index contributed by atoms with van der Waals surface area (Å²) in [7, 11) is 2.05. The number of hydrogen-bond acceptors (Lipinski definition) is 8. The Morgan fingerprint density at radius 1 is 0.970 bits per heavy atom. The van der Waals surface area contributed by atoms with Gasteiger partial charge in [0, 0.05) is 31.7 Å². The zero-order valence-electron chi connectivity index (χ0n) is 18.4. The summed E-state index contributed by atoms with van der Waals surface area (Å²) in [5, 5.41) is 39.2. The quantitative estimate of drug-likeness (QED) is 0.491. The Morgan fingerprint density at radius 2 is 1.67 bits per heavy atom. The van der Waals surface area contributed by atoms with Crippen molar-refractivity contribution in [1.29, 1.82) is 0 Å². The van der Waals surface area contributed by atoms with Crippen LogP contribution >= 0.6 is 0 Å². The number of amides is 1. The number of rotatable bonds is 5. The second kappa shape index (κ2) is 10.2. The molecule has 2 aromatic carbocycles. The third kappa shape index (κ3) is 5.19. The predicted octanol–water partition coefficient (Wildman–Crippen LogP) is -0.0801. The Morgan fingerprint density at radius 3 is 2.33 bits per heavy atom. The smallest absolute Gasteiger partial charge is 0.253 e. The van der Waals surface area contributed by atoms with Gasteiger partial charge in [0.1, 0.15) is 30.2 Å². The van der Waals surface area contributed by atoms with E-state index in [1.54, 1.807) is 12.1 Å². The maximum atomic E-state index is 12.9. The molecule has 9 nitrogen and oxygen atoms in total. The summed E-state index contributed by atoms with van der Waals surface area (Å²) < 4.78 is 11.0. The zero-order valence-corrected chi connectivity index (χ0v) is 18.4. The minimum atomic E-state index is -1.50. The van der Waals surface area contributed by atoms with Crippen LogP contribution in [0.15, 0.2) is 48.5 Å². The van der Waals surface area contributed by atoms with Gasteiger partial charge in [-0.15, -0.1) is 0 Å². The Bertz CT molecular complexity index is 944. The third-order valence-electron chi connectivity index (χ3n) is 6.19. The summed E-state index contributed by atoms with van der Waals surface area (Å²) in [4.78, 5) is 17.0. The second-order valence-corrected chi connectivity index (χ2v) is 8.52. The average Bonchev–Trinajstić information content (AvgIpc) is 2.85. The first-order valence-electron chi connectivity index (χ1n) is 11.0. The van der Waals surface area contributed by atoms with Gasteiger partial charge < -0.3 is 39.7 Å². The summed E-state index contributed by atoms with van der Waals surface area (Å²) in [5.74, 6) is 0.403. The lowest BCUT2D eigenvalue weighted by molar-refractivity contribution is -0.277. The van der Waals surface area contributed by atoms with Gasteiger partial charge >= 0.3 is 0 Å². The number of carbonyl (C=O) groups is 1. The minimum Gasteiger partial charge on any atom is -0.462 e. The van der Waals surface area contributed by atoms with Crippen LogP contribution in [-0.4, -0.2) is 107 Å². The van der Waals surface area contributed by atoms with E-state index in [-0.39, 0.29) is 5.91 Å². The van der Waals surface area contributed by atoms with Crippen LogP contribution in [0.25, 0.3) is 11.1 Å². The van der Waals surface area contributed by atoms with Gasteiger partial charge in [-0.2, -0.15) is 0 Å². The molecule has 2 fully saturated rings. The predicted molar refractivity (Wildman–Crippen MR) is 120 cm³/mol. The highest BCUT2D eigenvalue weighted by Crippen LogP contribution is 2.27. The van der Waals surface area contributed by atoms with E-state index in [2.05, 4.69) is 4.90 Å². The molecule has 9 heteroatoms. The Hall–Kier alpha value is -2.53. The molecule has 178 valence electrons. The number of nitrogens with zero attached hydrogens (tertiary/aromatic N) is 2. The molecule has 0 aromatic heterocycles. The molecule has 0 unspecified atom stereocenters. The topological polar surface area (TPSA) is 123 Å². The van der Waals surface area contributed by atoms with E-state index in [4.69, 9.17) is 9.47 Å². The molecule has 0 radical (unpaired) electrons. The highest BCUT2D eigenvalue weighted by molar-refractivity contribution is 5.95.